The van der Waals surface area contributed by atoms with E-state index >= 15 is 0 Å². The molecular weight excluding hydrogens is 234 g/mol. The maximum Gasteiger partial charge on any atom is 0.0957 e. The Bertz CT molecular complexity index is 336. The van der Waals surface area contributed by atoms with E-state index in [0.29, 0.717) is 12.5 Å². The smallest absolute Gasteiger partial charge is 0.0957 e. The fourth-order valence-corrected chi connectivity index (χ4v) is 2.78. The molecule has 4 heteroatoms. The van der Waals surface area contributed by atoms with Gasteiger partial charge in [-0.2, -0.15) is 0 Å². The maximum absolute atomic E-state index is 9.63. The van der Waals surface area contributed by atoms with Gasteiger partial charge in [-0.3, -0.25) is 4.98 Å². The lowest BCUT2D eigenvalue weighted by molar-refractivity contribution is 0.129. The number of hydrogen-bond acceptors (Lipinski definition) is 4. The van der Waals surface area contributed by atoms with Crippen molar-refractivity contribution >= 4 is 11.8 Å². The van der Waals surface area contributed by atoms with Crippen molar-refractivity contribution in [3.05, 3.63) is 24.0 Å². The van der Waals surface area contributed by atoms with Crippen LogP contribution in [0.2, 0.25) is 0 Å². The first kappa shape index (κ1) is 12.9. The second kappa shape index (κ2) is 6.38. The van der Waals surface area contributed by atoms with Crippen LogP contribution in [-0.4, -0.2) is 28.6 Å². The van der Waals surface area contributed by atoms with Gasteiger partial charge in [0, 0.05) is 23.5 Å². The van der Waals surface area contributed by atoms with E-state index in [1.54, 1.807) is 11.8 Å². The van der Waals surface area contributed by atoms with Crippen LogP contribution in [0.1, 0.15) is 38.0 Å². The second-order valence-electron chi connectivity index (χ2n) is 4.29. The van der Waals surface area contributed by atoms with E-state index in [4.69, 9.17) is 4.74 Å². The molecule has 94 valence electrons. The molecule has 0 radical (unpaired) electrons. The number of thioether (sulfide) groups is 1. The van der Waals surface area contributed by atoms with Gasteiger partial charge >= 0.3 is 0 Å². The van der Waals surface area contributed by atoms with Crippen molar-refractivity contribution in [2.45, 2.75) is 43.3 Å². The van der Waals surface area contributed by atoms with Gasteiger partial charge in [0.1, 0.15) is 0 Å². The van der Waals surface area contributed by atoms with Crippen LogP contribution in [0.3, 0.4) is 0 Å². The Morgan fingerprint density at radius 3 is 3.06 bits per heavy atom. The number of ether oxygens (including phenoxy) is 1. The number of pyridine rings is 1. The van der Waals surface area contributed by atoms with Crippen LogP contribution in [-0.2, 0) is 4.74 Å². The first-order chi connectivity index (χ1) is 8.29. The van der Waals surface area contributed by atoms with Gasteiger partial charge in [-0.25, -0.2) is 0 Å². The van der Waals surface area contributed by atoms with Crippen LogP contribution in [0.4, 0.5) is 0 Å². The molecule has 2 heterocycles. The van der Waals surface area contributed by atoms with Crippen molar-refractivity contribution in [2.75, 3.05) is 12.4 Å². The summed E-state index contributed by atoms with van der Waals surface area (Å²) in [5.74, 6) is 0.997. The summed E-state index contributed by atoms with van der Waals surface area (Å²) in [6.07, 6.45) is 4.87. The molecule has 1 aromatic heterocycles. The normalized spacial score (nSPS) is 21.6. The molecule has 0 amide bonds. The van der Waals surface area contributed by atoms with E-state index < -0.39 is 6.10 Å². The zero-order valence-electron chi connectivity index (χ0n) is 10.1. The largest absolute Gasteiger partial charge is 0.387 e. The molecule has 1 aliphatic rings. The Morgan fingerprint density at radius 2 is 2.47 bits per heavy atom. The van der Waals surface area contributed by atoms with Crippen molar-refractivity contribution in [1.29, 1.82) is 0 Å². The summed E-state index contributed by atoms with van der Waals surface area (Å²) in [7, 11) is 0. The molecule has 17 heavy (non-hydrogen) atoms. The molecule has 0 aromatic carbocycles. The topological polar surface area (TPSA) is 42.4 Å². The Hall–Kier alpha value is -0.580. The minimum absolute atomic E-state index is 0.404. The van der Waals surface area contributed by atoms with Gasteiger partial charge in [0.25, 0.3) is 0 Å². The van der Waals surface area contributed by atoms with Crippen LogP contribution < -0.4 is 0 Å². The maximum atomic E-state index is 9.63. The average Bonchev–Trinajstić information content (AvgIpc) is 2.89. The Balaban J connectivity index is 1.84. The zero-order valence-corrected chi connectivity index (χ0v) is 10.9. The first-order valence-electron chi connectivity index (χ1n) is 6.18. The number of hydrogen-bond donors (Lipinski definition) is 1. The fourth-order valence-electron chi connectivity index (χ4n) is 1.85. The summed E-state index contributed by atoms with van der Waals surface area (Å²) in [4.78, 5) is 5.43. The molecule has 0 aliphatic carbocycles. The average molecular weight is 253 g/mol. The molecule has 1 aliphatic heterocycles. The summed E-state index contributed by atoms with van der Waals surface area (Å²) in [5.41, 5.74) is 0.758. The van der Waals surface area contributed by atoms with Crippen molar-refractivity contribution in [3.8, 4) is 0 Å². The number of rotatable bonds is 5. The van der Waals surface area contributed by atoms with Crippen LogP contribution in [0, 0.1) is 0 Å². The summed E-state index contributed by atoms with van der Waals surface area (Å²) < 4.78 is 5.57. The van der Waals surface area contributed by atoms with E-state index in [-0.39, 0.29) is 0 Å². The molecule has 3 nitrogen and oxygen atoms in total. The minimum Gasteiger partial charge on any atom is -0.387 e. The number of aromatic nitrogens is 1. The van der Waals surface area contributed by atoms with Gasteiger partial charge in [-0.05, 0) is 31.4 Å². The minimum atomic E-state index is -0.438. The summed E-state index contributed by atoms with van der Waals surface area (Å²) >= 11 is 1.78. The van der Waals surface area contributed by atoms with Crippen molar-refractivity contribution in [3.63, 3.8) is 0 Å². The Morgan fingerprint density at radius 1 is 1.59 bits per heavy atom. The highest BCUT2D eigenvalue weighted by molar-refractivity contribution is 7.99. The molecule has 0 bridgehead atoms. The van der Waals surface area contributed by atoms with E-state index in [1.807, 2.05) is 25.3 Å². The fraction of sp³-hybridized carbons (Fsp3) is 0.615. The first-order valence-corrected chi connectivity index (χ1v) is 7.16. The van der Waals surface area contributed by atoms with Crippen molar-refractivity contribution in [2.24, 2.45) is 0 Å². The molecule has 1 N–H and O–H groups in total. The van der Waals surface area contributed by atoms with Crippen LogP contribution >= 0.6 is 11.8 Å². The Kier molecular flexibility index (Phi) is 4.83. The molecule has 0 saturated carbocycles. The molecular formula is C13H19NO2S. The van der Waals surface area contributed by atoms with E-state index in [2.05, 4.69) is 4.98 Å². The van der Waals surface area contributed by atoms with E-state index in [1.165, 1.54) is 12.8 Å². The van der Waals surface area contributed by atoms with E-state index in [0.717, 1.165) is 22.9 Å². The van der Waals surface area contributed by atoms with Gasteiger partial charge in [-0.15, -0.1) is 11.8 Å². The lowest BCUT2D eigenvalue weighted by atomic mass is 10.2. The van der Waals surface area contributed by atoms with Gasteiger partial charge in [-0.1, -0.05) is 6.92 Å². The number of aliphatic hydroxyl groups excluding tert-OH is 1. The number of nitrogens with zero attached hydrogens (tertiary/aromatic N) is 1. The van der Waals surface area contributed by atoms with Gasteiger partial charge in [0.15, 0.2) is 0 Å². The molecule has 2 atom stereocenters. The van der Waals surface area contributed by atoms with Crippen LogP contribution in [0.15, 0.2) is 23.2 Å². The molecule has 1 saturated heterocycles. The summed E-state index contributed by atoms with van der Waals surface area (Å²) in [6, 6.07) is 3.94. The molecule has 2 rings (SSSR count). The third-order valence-corrected chi connectivity index (χ3v) is 4.06. The standard InChI is InChI=1S/C13H19NO2S/c1-2-13(15)12-6-5-11(8-14-12)17-9-10-4-3-7-16-10/h5-6,8,10,13,15H,2-4,7,9H2,1H3. The third kappa shape index (κ3) is 3.69. The van der Waals surface area contributed by atoms with Gasteiger partial charge in [0.2, 0.25) is 0 Å². The van der Waals surface area contributed by atoms with E-state index in [9.17, 15) is 5.11 Å². The summed E-state index contributed by atoms with van der Waals surface area (Å²) in [6.45, 7) is 2.86. The highest BCUT2D eigenvalue weighted by atomic mass is 32.2. The third-order valence-electron chi connectivity index (χ3n) is 2.95. The van der Waals surface area contributed by atoms with Crippen molar-refractivity contribution < 1.29 is 9.84 Å². The van der Waals surface area contributed by atoms with Crippen LogP contribution in [0.5, 0.6) is 0 Å². The lowest BCUT2D eigenvalue weighted by Gasteiger charge is -2.10. The molecule has 1 fully saturated rings. The SMILES string of the molecule is CCC(O)c1ccc(SCC2CCCO2)cn1. The molecule has 1 aromatic rings. The van der Waals surface area contributed by atoms with Crippen molar-refractivity contribution in [1.82, 2.24) is 4.98 Å². The quantitative estimate of drug-likeness (QED) is 0.819. The molecule has 2 unspecified atom stereocenters. The van der Waals surface area contributed by atoms with Crippen LogP contribution in [0.25, 0.3) is 0 Å². The molecule has 0 spiro atoms. The highest BCUT2D eigenvalue weighted by Crippen LogP contribution is 2.24. The highest BCUT2D eigenvalue weighted by Gasteiger charge is 2.15. The lowest BCUT2D eigenvalue weighted by Crippen LogP contribution is -2.07. The van der Waals surface area contributed by atoms with Gasteiger partial charge in [0.05, 0.1) is 17.9 Å². The predicted molar refractivity (Wildman–Crippen MR) is 69.2 cm³/mol. The Labute approximate surface area is 107 Å². The summed E-state index contributed by atoms with van der Waals surface area (Å²) in [5, 5.41) is 9.63. The zero-order chi connectivity index (χ0) is 12.1. The van der Waals surface area contributed by atoms with Gasteiger partial charge < -0.3 is 9.84 Å². The number of aliphatic hydroxyl groups is 1. The monoisotopic (exact) mass is 253 g/mol. The second-order valence-corrected chi connectivity index (χ2v) is 5.38. The predicted octanol–water partition coefficient (Wildman–Crippen LogP) is 2.80.